The van der Waals surface area contributed by atoms with Crippen LogP contribution in [0, 0.1) is 0 Å². The normalized spacial score (nSPS) is 17.5. The first kappa shape index (κ1) is 17.0. The largest absolute Gasteiger partial charge is 0.363 e. The van der Waals surface area contributed by atoms with Crippen molar-refractivity contribution < 1.29 is 4.79 Å². The quantitative estimate of drug-likeness (QED) is 0.601. The van der Waals surface area contributed by atoms with Crippen LogP contribution in [-0.2, 0) is 4.79 Å². The predicted octanol–water partition coefficient (Wildman–Crippen LogP) is 5.24. The molecular formula is C25H21NO. The van der Waals surface area contributed by atoms with Crippen molar-refractivity contribution in [3.63, 3.8) is 0 Å². The first-order valence-corrected chi connectivity index (χ1v) is 9.15. The molecule has 3 aromatic rings. The van der Waals surface area contributed by atoms with Gasteiger partial charge in [-0.3, -0.25) is 4.79 Å². The third-order valence-electron chi connectivity index (χ3n) is 4.71. The van der Waals surface area contributed by atoms with Crippen LogP contribution in [0.1, 0.15) is 11.1 Å². The maximum Gasteiger partial charge on any atom is 0.188 e. The number of ketones is 1. The van der Waals surface area contributed by atoms with Gasteiger partial charge in [-0.05, 0) is 35.4 Å². The summed E-state index contributed by atoms with van der Waals surface area (Å²) in [5, 5.41) is 0. The fourth-order valence-electron chi connectivity index (χ4n) is 3.36. The van der Waals surface area contributed by atoms with Crippen molar-refractivity contribution in [3.8, 4) is 0 Å². The predicted molar refractivity (Wildman–Crippen MR) is 113 cm³/mol. The highest BCUT2D eigenvalue weighted by atomic mass is 16.1. The third kappa shape index (κ3) is 4.06. The van der Waals surface area contributed by atoms with Crippen LogP contribution in [0.5, 0.6) is 0 Å². The number of para-hydroxylation sites is 1. The van der Waals surface area contributed by atoms with Crippen LogP contribution >= 0.6 is 0 Å². The summed E-state index contributed by atoms with van der Waals surface area (Å²) in [7, 11) is 0. The van der Waals surface area contributed by atoms with E-state index in [1.54, 1.807) is 0 Å². The van der Waals surface area contributed by atoms with Crippen LogP contribution < -0.4 is 4.90 Å². The number of benzene rings is 3. The number of piperidine rings is 1. The Labute approximate surface area is 160 Å². The molecule has 0 aromatic heterocycles. The molecule has 0 unspecified atom stereocenters. The van der Waals surface area contributed by atoms with Crippen LogP contribution in [0.2, 0.25) is 0 Å². The number of anilines is 1. The van der Waals surface area contributed by atoms with Crippen LogP contribution in [0.15, 0.2) is 102 Å². The number of nitrogens with zero attached hydrogens (tertiary/aromatic N) is 1. The van der Waals surface area contributed by atoms with E-state index >= 15 is 0 Å². The Hall–Kier alpha value is -3.39. The highest BCUT2D eigenvalue weighted by Gasteiger charge is 2.26. The molecule has 1 fully saturated rings. The number of hydrogen-bond donors (Lipinski definition) is 0. The highest BCUT2D eigenvalue weighted by molar-refractivity contribution is 6.15. The van der Waals surface area contributed by atoms with Gasteiger partial charge in [0.25, 0.3) is 0 Å². The van der Waals surface area contributed by atoms with Crippen molar-refractivity contribution in [3.05, 3.63) is 113 Å². The molecule has 1 heterocycles. The van der Waals surface area contributed by atoms with Gasteiger partial charge in [0.2, 0.25) is 0 Å². The van der Waals surface area contributed by atoms with Gasteiger partial charge in [-0.2, -0.15) is 0 Å². The summed E-state index contributed by atoms with van der Waals surface area (Å²) in [6.07, 6.45) is 4.02. The van der Waals surface area contributed by atoms with Gasteiger partial charge in [0, 0.05) is 29.9 Å². The molecule has 27 heavy (non-hydrogen) atoms. The minimum atomic E-state index is 0.134. The molecule has 2 nitrogen and oxygen atoms in total. The van der Waals surface area contributed by atoms with Crippen LogP contribution in [0.25, 0.3) is 12.2 Å². The van der Waals surface area contributed by atoms with Gasteiger partial charge in [0.05, 0.1) is 0 Å². The van der Waals surface area contributed by atoms with Crippen molar-refractivity contribution in [2.24, 2.45) is 0 Å². The van der Waals surface area contributed by atoms with Gasteiger partial charge in [0.15, 0.2) is 5.78 Å². The summed E-state index contributed by atoms with van der Waals surface area (Å²) >= 11 is 0. The lowest BCUT2D eigenvalue weighted by Gasteiger charge is -2.31. The smallest absolute Gasteiger partial charge is 0.188 e. The lowest BCUT2D eigenvalue weighted by molar-refractivity contribution is -0.112. The molecule has 2 heteroatoms. The fraction of sp³-hybridized carbons (Fsp3) is 0.0800. The average molecular weight is 351 g/mol. The summed E-state index contributed by atoms with van der Waals surface area (Å²) in [5.74, 6) is 0.134. The lowest BCUT2D eigenvalue weighted by Crippen LogP contribution is -2.37. The monoisotopic (exact) mass is 351 g/mol. The molecule has 0 amide bonds. The molecule has 0 bridgehead atoms. The Morgan fingerprint density at radius 1 is 0.593 bits per heavy atom. The second kappa shape index (κ2) is 7.88. The van der Waals surface area contributed by atoms with Crippen molar-refractivity contribution in [1.82, 2.24) is 0 Å². The zero-order valence-corrected chi connectivity index (χ0v) is 15.1. The van der Waals surface area contributed by atoms with E-state index in [1.807, 2.05) is 91.0 Å². The van der Waals surface area contributed by atoms with Crippen LogP contribution in [0.4, 0.5) is 5.69 Å². The van der Waals surface area contributed by atoms with Crippen molar-refractivity contribution >= 4 is 23.6 Å². The van der Waals surface area contributed by atoms with Crippen LogP contribution in [0.3, 0.4) is 0 Å². The molecule has 4 rings (SSSR count). The Morgan fingerprint density at radius 3 is 1.44 bits per heavy atom. The third-order valence-corrected chi connectivity index (χ3v) is 4.71. The fourth-order valence-corrected chi connectivity index (χ4v) is 3.36. The second-order valence-electron chi connectivity index (χ2n) is 6.68. The second-order valence-corrected chi connectivity index (χ2v) is 6.68. The molecule has 1 saturated heterocycles. The van der Waals surface area contributed by atoms with E-state index in [0.29, 0.717) is 13.1 Å². The molecule has 0 aliphatic carbocycles. The van der Waals surface area contributed by atoms with E-state index in [-0.39, 0.29) is 5.78 Å². The summed E-state index contributed by atoms with van der Waals surface area (Å²) in [6, 6.07) is 30.3. The summed E-state index contributed by atoms with van der Waals surface area (Å²) in [4.78, 5) is 15.4. The number of Topliss-reactive ketones (excluding diaryl/α,β-unsaturated/α-hetero) is 1. The zero-order chi connectivity index (χ0) is 18.5. The number of hydrogen-bond acceptors (Lipinski definition) is 2. The van der Waals surface area contributed by atoms with E-state index < -0.39 is 0 Å². The maximum absolute atomic E-state index is 13.1. The van der Waals surface area contributed by atoms with Gasteiger partial charge in [-0.25, -0.2) is 0 Å². The molecule has 3 aromatic carbocycles. The van der Waals surface area contributed by atoms with Gasteiger partial charge < -0.3 is 4.90 Å². The summed E-state index contributed by atoms with van der Waals surface area (Å²) in [5.41, 5.74) is 4.87. The van der Waals surface area contributed by atoms with E-state index in [9.17, 15) is 4.79 Å². The molecule has 0 N–H and O–H groups in total. The highest BCUT2D eigenvalue weighted by Crippen LogP contribution is 2.26. The minimum Gasteiger partial charge on any atom is -0.363 e. The van der Waals surface area contributed by atoms with E-state index in [1.165, 1.54) is 0 Å². The molecule has 1 aliphatic rings. The van der Waals surface area contributed by atoms with Gasteiger partial charge >= 0.3 is 0 Å². The van der Waals surface area contributed by atoms with Gasteiger partial charge in [-0.1, -0.05) is 78.9 Å². The Kier molecular flexibility index (Phi) is 4.97. The van der Waals surface area contributed by atoms with Crippen molar-refractivity contribution in [2.75, 3.05) is 18.0 Å². The van der Waals surface area contributed by atoms with Gasteiger partial charge in [0.1, 0.15) is 0 Å². The molecule has 132 valence electrons. The first-order chi connectivity index (χ1) is 13.3. The minimum absolute atomic E-state index is 0.134. The number of carbonyl (C=O) groups excluding carboxylic acids is 1. The number of rotatable bonds is 3. The lowest BCUT2D eigenvalue weighted by atomic mass is 9.94. The van der Waals surface area contributed by atoms with Crippen LogP contribution in [-0.4, -0.2) is 18.9 Å². The molecule has 0 atom stereocenters. The van der Waals surface area contributed by atoms with Crippen molar-refractivity contribution in [2.45, 2.75) is 0 Å². The topological polar surface area (TPSA) is 20.3 Å². The number of carbonyl (C=O) groups is 1. The molecule has 0 saturated carbocycles. The molecular weight excluding hydrogens is 330 g/mol. The van der Waals surface area contributed by atoms with E-state index in [2.05, 4.69) is 17.0 Å². The van der Waals surface area contributed by atoms with E-state index in [4.69, 9.17) is 0 Å². The average Bonchev–Trinajstić information content (AvgIpc) is 2.73. The standard InChI is InChI=1S/C25H21NO/c27-25-22(16-20-10-4-1-5-11-20)18-26(24-14-8-3-9-15-24)19-23(25)17-21-12-6-2-7-13-21/h1-17H,18-19H2. The Bertz CT molecular complexity index is 911. The molecule has 0 radical (unpaired) electrons. The molecule has 1 aliphatic heterocycles. The first-order valence-electron chi connectivity index (χ1n) is 9.15. The molecule has 0 spiro atoms. The SMILES string of the molecule is O=C1C(=Cc2ccccc2)CN(c2ccccc2)CC1=Cc1ccccc1. The van der Waals surface area contributed by atoms with Gasteiger partial charge in [-0.15, -0.1) is 0 Å². The van der Waals surface area contributed by atoms with Crippen molar-refractivity contribution in [1.29, 1.82) is 0 Å². The summed E-state index contributed by atoms with van der Waals surface area (Å²) in [6.45, 7) is 1.23. The summed E-state index contributed by atoms with van der Waals surface area (Å²) < 4.78 is 0. The Balaban J connectivity index is 1.74. The van der Waals surface area contributed by atoms with E-state index in [0.717, 1.165) is 28.0 Å². The zero-order valence-electron chi connectivity index (χ0n) is 15.1. The Morgan fingerprint density at radius 2 is 1.00 bits per heavy atom. The maximum atomic E-state index is 13.1.